The minimum atomic E-state index is -0.648. The van der Waals surface area contributed by atoms with Gasteiger partial charge in [-0.15, -0.1) is 0 Å². The highest BCUT2D eigenvalue weighted by Gasteiger charge is 2.16. The van der Waals surface area contributed by atoms with Gasteiger partial charge in [-0.3, -0.25) is 10.1 Å². The molecule has 1 unspecified atom stereocenters. The van der Waals surface area contributed by atoms with Crippen LogP contribution in [0.2, 0.25) is 5.02 Å². The molecule has 4 aromatic rings. The fourth-order valence-corrected chi connectivity index (χ4v) is 3.56. The summed E-state index contributed by atoms with van der Waals surface area (Å²) in [6.07, 6.45) is -0.648. The summed E-state index contributed by atoms with van der Waals surface area (Å²) in [5, 5.41) is 27.3. The van der Waals surface area contributed by atoms with Gasteiger partial charge in [-0.05, 0) is 36.4 Å². The number of aliphatic hydroxyl groups is 1. The molecule has 0 spiro atoms. The number of nitro groups is 1. The van der Waals surface area contributed by atoms with E-state index >= 15 is 0 Å². The highest BCUT2D eigenvalue weighted by atomic mass is 35.5. The molecule has 0 amide bonds. The van der Waals surface area contributed by atoms with Crippen LogP contribution in [0.3, 0.4) is 0 Å². The van der Waals surface area contributed by atoms with E-state index in [0.717, 1.165) is 27.5 Å². The summed E-state index contributed by atoms with van der Waals surface area (Å²) in [5.41, 5.74) is 2.72. The van der Waals surface area contributed by atoms with Gasteiger partial charge in [0.25, 0.3) is 5.69 Å². The topological polar surface area (TPSA) is 80.3 Å². The van der Waals surface area contributed by atoms with E-state index in [9.17, 15) is 15.2 Å². The van der Waals surface area contributed by atoms with Crippen LogP contribution in [-0.4, -0.2) is 27.2 Å². The number of aromatic nitrogens is 1. The second kappa shape index (κ2) is 7.50. The molecule has 0 saturated heterocycles. The second-order valence-corrected chi connectivity index (χ2v) is 7.06. The first-order chi connectivity index (χ1) is 13.5. The average Bonchev–Trinajstić information content (AvgIpc) is 3.01. The van der Waals surface area contributed by atoms with Crippen molar-refractivity contribution in [3.05, 3.63) is 81.9 Å². The number of nitrogens with one attached hydrogen (secondary N) is 1. The molecule has 1 atom stereocenters. The van der Waals surface area contributed by atoms with Crippen LogP contribution in [-0.2, 0) is 6.54 Å². The minimum Gasteiger partial charge on any atom is -0.389 e. The predicted octanol–water partition coefficient (Wildman–Crippen LogP) is 4.83. The number of non-ortho nitro benzene ring substituents is 1. The molecule has 3 aromatic carbocycles. The lowest BCUT2D eigenvalue weighted by Gasteiger charge is -2.15. The number of nitro benzene ring substituents is 1. The molecule has 0 aliphatic rings. The number of para-hydroxylation sites is 1. The number of fused-ring (bicyclic) bond motifs is 3. The van der Waals surface area contributed by atoms with Gasteiger partial charge in [-0.1, -0.05) is 29.8 Å². The van der Waals surface area contributed by atoms with Crippen molar-refractivity contribution >= 4 is 44.8 Å². The van der Waals surface area contributed by atoms with E-state index < -0.39 is 11.0 Å². The molecule has 0 fully saturated rings. The Balaban J connectivity index is 1.63. The van der Waals surface area contributed by atoms with Crippen molar-refractivity contribution in [1.82, 2.24) is 4.57 Å². The minimum absolute atomic E-state index is 0.0559. The summed E-state index contributed by atoms with van der Waals surface area (Å²) >= 11 is 5.89. The maximum Gasteiger partial charge on any atom is 0.270 e. The lowest BCUT2D eigenvalue weighted by molar-refractivity contribution is -0.384. The molecule has 28 heavy (non-hydrogen) atoms. The van der Waals surface area contributed by atoms with Crippen LogP contribution in [0.15, 0.2) is 66.7 Å². The van der Waals surface area contributed by atoms with Crippen LogP contribution in [0, 0.1) is 10.1 Å². The molecule has 2 N–H and O–H groups in total. The molecule has 0 saturated carbocycles. The molecule has 1 aromatic heterocycles. The molecule has 4 rings (SSSR count). The van der Waals surface area contributed by atoms with E-state index in [1.807, 2.05) is 41.0 Å². The van der Waals surface area contributed by atoms with E-state index in [0.29, 0.717) is 18.1 Å². The molecule has 0 radical (unpaired) electrons. The van der Waals surface area contributed by atoms with Gasteiger partial charge >= 0.3 is 0 Å². The van der Waals surface area contributed by atoms with Crippen molar-refractivity contribution in [2.24, 2.45) is 0 Å². The van der Waals surface area contributed by atoms with Crippen LogP contribution < -0.4 is 5.32 Å². The number of halogens is 1. The highest BCUT2D eigenvalue weighted by Crippen LogP contribution is 2.31. The van der Waals surface area contributed by atoms with Crippen LogP contribution in [0.4, 0.5) is 11.4 Å². The van der Waals surface area contributed by atoms with Crippen molar-refractivity contribution < 1.29 is 10.0 Å². The average molecular weight is 396 g/mol. The molecule has 1 heterocycles. The summed E-state index contributed by atoms with van der Waals surface area (Å²) in [5.74, 6) is 0. The first-order valence-electron chi connectivity index (χ1n) is 8.86. The quantitative estimate of drug-likeness (QED) is 0.362. The summed E-state index contributed by atoms with van der Waals surface area (Å²) in [6.45, 7) is 0.727. The summed E-state index contributed by atoms with van der Waals surface area (Å²) < 4.78 is 2.00. The number of aliphatic hydroxyl groups excluding tert-OH is 1. The largest absolute Gasteiger partial charge is 0.389 e. The molecule has 6 nitrogen and oxygen atoms in total. The van der Waals surface area contributed by atoms with Crippen LogP contribution in [0.5, 0.6) is 0 Å². The van der Waals surface area contributed by atoms with Gasteiger partial charge in [0, 0.05) is 51.2 Å². The summed E-state index contributed by atoms with van der Waals surface area (Å²) in [7, 11) is 0. The lowest BCUT2D eigenvalue weighted by Crippen LogP contribution is -2.24. The molecule has 142 valence electrons. The first-order valence-corrected chi connectivity index (χ1v) is 9.23. The van der Waals surface area contributed by atoms with Gasteiger partial charge in [0.1, 0.15) is 0 Å². The van der Waals surface area contributed by atoms with Gasteiger partial charge in [0.15, 0.2) is 0 Å². The first kappa shape index (κ1) is 18.3. The number of hydrogen-bond donors (Lipinski definition) is 2. The number of nitrogens with zero attached hydrogens (tertiary/aromatic N) is 2. The van der Waals surface area contributed by atoms with Crippen LogP contribution in [0.25, 0.3) is 21.8 Å². The fraction of sp³-hybridized carbons (Fsp3) is 0.143. The van der Waals surface area contributed by atoms with Crippen LogP contribution >= 0.6 is 11.6 Å². The SMILES string of the molecule is O=[N+]([O-])c1ccc2c(c1)c1ccccc1n2CC(O)CNc1ccc(Cl)cc1. The van der Waals surface area contributed by atoms with Crippen molar-refractivity contribution in [1.29, 1.82) is 0 Å². The van der Waals surface area contributed by atoms with Crippen molar-refractivity contribution in [2.75, 3.05) is 11.9 Å². The van der Waals surface area contributed by atoms with E-state index in [-0.39, 0.29) is 5.69 Å². The zero-order valence-corrected chi connectivity index (χ0v) is 15.6. The Kier molecular flexibility index (Phi) is 4.90. The monoisotopic (exact) mass is 395 g/mol. The Labute approximate surface area is 166 Å². The second-order valence-electron chi connectivity index (χ2n) is 6.63. The summed E-state index contributed by atoms with van der Waals surface area (Å²) in [4.78, 5) is 10.8. The number of benzene rings is 3. The van der Waals surface area contributed by atoms with E-state index in [1.165, 1.54) is 6.07 Å². The standard InChI is InChI=1S/C21H18ClN3O3/c22-14-5-7-15(8-6-14)23-12-17(26)13-24-20-4-2-1-3-18(20)19-11-16(25(27)28)9-10-21(19)24/h1-11,17,23,26H,12-13H2. The van der Waals surface area contributed by atoms with Crippen molar-refractivity contribution in [3.8, 4) is 0 Å². The maximum absolute atomic E-state index is 11.1. The van der Waals surface area contributed by atoms with E-state index in [4.69, 9.17) is 11.6 Å². The van der Waals surface area contributed by atoms with E-state index in [1.54, 1.807) is 24.3 Å². The van der Waals surface area contributed by atoms with Gasteiger partial charge in [0.05, 0.1) is 17.6 Å². The third-order valence-corrected chi connectivity index (χ3v) is 5.00. The molecular formula is C21H18ClN3O3. The molecular weight excluding hydrogens is 378 g/mol. The van der Waals surface area contributed by atoms with E-state index in [2.05, 4.69) is 5.32 Å². The summed E-state index contributed by atoms with van der Waals surface area (Å²) in [6, 6.07) is 19.8. The third kappa shape index (κ3) is 3.52. The van der Waals surface area contributed by atoms with Gasteiger partial charge in [-0.2, -0.15) is 0 Å². The normalized spacial score (nSPS) is 12.4. The number of hydrogen-bond acceptors (Lipinski definition) is 4. The zero-order chi connectivity index (χ0) is 19.7. The zero-order valence-electron chi connectivity index (χ0n) is 14.9. The molecule has 7 heteroatoms. The smallest absolute Gasteiger partial charge is 0.270 e. The third-order valence-electron chi connectivity index (χ3n) is 4.75. The molecule has 0 bridgehead atoms. The van der Waals surface area contributed by atoms with Crippen molar-refractivity contribution in [2.45, 2.75) is 12.6 Å². The Bertz CT molecular complexity index is 1150. The highest BCUT2D eigenvalue weighted by molar-refractivity contribution is 6.30. The van der Waals surface area contributed by atoms with Gasteiger partial charge in [-0.25, -0.2) is 0 Å². The maximum atomic E-state index is 11.1. The molecule has 0 aliphatic heterocycles. The van der Waals surface area contributed by atoms with Crippen LogP contribution in [0.1, 0.15) is 0 Å². The predicted molar refractivity (Wildman–Crippen MR) is 112 cm³/mol. The Morgan fingerprint density at radius 3 is 2.50 bits per heavy atom. The number of anilines is 1. The van der Waals surface area contributed by atoms with Crippen molar-refractivity contribution in [3.63, 3.8) is 0 Å². The fourth-order valence-electron chi connectivity index (χ4n) is 3.43. The lowest BCUT2D eigenvalue weighted by atomic mass is 10.1. The van der Waals surface area contributed by atoms with Gasteiger partial charge < -0.3 is 15.0 Å². The Morgan fingerprint density at radius 1 is 1.04 bits per heavy atom. The van der Waals surface area contributed by atoms with Gasteiger partial charge in [0.2, 0.25) is 0 Å². The Hall–Kier alpha value is -3.09. The number of rotatable bonds is 6. The molecule has 0 aliphatic carbocycles. The Morgan fingerprint density at radius 2 is 1.75 bits per heavy atom.